The van der Waals surface area contributed by atoms with Crippen LogP contribution < -0.4 is 5.32 Å². The zero-order valence-corrected chi connectivity index (χ0v) is 8.34. The quantitative estimate of drug-likeness (QED) is 0.697. The molecule has 0 saturated heterocycles. The number of aliphatic hydroxyl groups is 1. The minimum absolute atomic E-state index is 0.00428. The van der Waals surface area contributed by atoms with Crippen LogP contribution in [0.1, 0.15) is 44.9 Å². The van der Waals surface area contributed by atoms with Gasteiger partial charge < -0.3 is 10.4 Å². The second-order valence-corrected chi connectivity index (χ2v) is 4.72. The van der Waals surface area contributed by atoms with Gasteiger partial charge in [0.15, 0.2) is 0 Å². The summed E-state index contributed by atoms with van der Waals surface area (Å²) in [5.74, 6) is 0.746. The molecule has 2 aliphatic carbocycles. The Bertz CT molecular complexity index is 154. The molecule has 0 aromatic carbocycles. The molecule has 2 unspecified atom stereocenters. The van der Waals surface area contributed by atoms with Gasteiger partial charge in [-0.2, -0.15) is 0 Å². The Labute approximate surface area is 80.7 Å². The van der Waals surface area contributed by atoms with Crippen molar-refractivity contribution in [3.63, 3.8) is 0 Å². The Kier molecular flexibility index (Phi) is 3.23. The van der Waals surface area contributed by atoms with Crippen LogP contribution in [0.15, 0.2) is 0 Å². The molecule has 2 rings (SSSR count). The molecule has 2 heteroatoms. The van der Waals surface area contributed by atoms with Gasteiger partial charge in [0, 0.05) is 6.04 Å². The monoisotopic (exact) mass is 183 g/mol. The summed E-state index contributed by atoms with van der Waals surface area (Å²) in [6.07, 6.45) is 8.83. The van der Waals surface area contributed by atoms with Gasteiger partial charge in [-0.1, -0.05) is 12.8 Å². The van der Waals surface area contributed by atoms with Crippen molar-refractivity contribution in [1.82, 2.24) is 5.32 Å². The predicted molar refractivity (Wildman–Crippen MR) is 53.6 cm³/mol. The van der Waals surface area contributed by atoms with E-state index in [1.165, 1.54) is 32.1 Å². The van der Waals surface area contributed by atoms with Gasteiger partial charge in [-0.25, -0.2) is 0 Å². The lowest BCUT2D eigenvalue weighted by atomic mass is 10.1. The molecule has 76 valence electrons. The molecule has 0 heterocycles. The van der Waals surface area contributed by atoms with Crippen LogP contribution in [0.4, 0.5) is 0 Å². The lowest BCUT2D eigenvalue weighted by molar-refractivity contribution is 0.177. The highest BCUT2D eigenvalue weighted by atomic mass is 16.3. The topological polar surface area (TPSA) is 32.3 Å². The van der Waals surface area contributed by atoms with Gasteiger partial charge in [-0.15, -0.1) is 0 Å². The van der Waals surface area contributed by atoms with E-state index in [0.717, 1.165) is 31.3 Å². The molecule has 2 nitrogen and oxygen atoms in total. The Balaban J connectivity index is 1.62. The molecule has 2 aliphatic rings. The molecule has 2 atom stereocenters. The Hall–Kier alpha value is -0.0800. The smallest absolute Gasteiger partial charge is 0.0543 e. The summed E-state index contributed by atoms with van der Waals surface area (Å²) < 4.78 is 0. The first-order valence-electron chi connectivity index (χ1n) is 5.76. The Morgan fingerprint density at radius 1 is 1.08 bits per heavy atom. The lowest BCUT2D eigenvalue weighted by Crippen LogP contribution is -2.30. The van der Waals surface area contributed by atoms with Gasteiger partial charge in [-0.3, -0.25) is 0 Å². The summed E-state index contributed by atoms with van der Waals surface area (Å²) in [4.78, 5) is 0. The third-order valence-electron chi connectivity index (χ3n) is 3.56. The fourth-order valence-corrected chi connectivity index (χ4v) is 2.70. The number of aliphatic hydroxyl groups excluding tert-OH is 1. The Morgan fingerprint density at radius 3 is 2.46 bits per heavy atom. The summed E-state index contributed by atoms with van der Waals surface area (Å²) in [7, 11) is 0. The molecule has 0 amide bonds. The van der Waals surface area contributed by atoms with Gasteiger partial charge >= 0.3 is 0 Å². The molecule has 2 N–H and O–H groups in total. The molecule has 0 spiro atoms. The number of nitrogens with one attached hydrogen (secondary N) is 1. The molecule has 0 radical (unpaired) electrons. The van der Waals surface area contributed by atoms with Crippen LogP contribution in [0.5, 0.6) is 0 Å². The fraction of sp³-hybridized carbons (Fsp3) is 1.00. The van der Waals surface area contributed by atoms with Crippen LogP contribution in [0.2, 0.25) is 0 Å². The van der Waals surface area contributed by atoms with Crippen LogP contribution in [-0.4, -0.2) is 23.8 Å². The normalized spacial score (nSPS) is 35.8. The van der Waals surface area contributed by atoms with Gasteiger partial charge in [0.1, 0.15) is 0 Å². The highest BCUT2D eigenvalue weighted by Gasteiger charge is 2.23. The molecule has 0 aromatic heterocycles. The van der Waals surface area contributed by atoms with Gasteiger partial charge in [0.25, 0.3) is 0 Å². The van der Waals surface area contributed by atoms with E-state index < -0.39 is 0 Å². The average Bonchev–Trinajstić information content (AvgIpc) is 2.71. The molecule has 0 bridgehead atoms. The summed E-state index contributed by atoms with van der Waals surface area (Å²) >= 11 is 0. The van der Waals surface area contributed by atoms with Crippen molar-refractivity contribution in [2.75, 3.05) is 6.54 Å². The van der Waals surface area contributed by atoms with E-state index in [2.05, 4.69) is 5.32 Å². The third kappa shape index (κ3) is 2.68. The van der Waals surface area contributed by atoms with Crippen LogP contribution in [0.3, 0.4) is 0 Å². The van der Waals surface area contributed by atoms with Crippen molar-refractivity contribution in [2.45, 2.75) is 57.1 Å². The second-order valence-electron chi connectivity index (χ2n) is 4.72. The van der Waals surface area contributed by atoms with E-state index in [4.69, 9.17) is 0 Å². The molecule has 0 aliphatic heterocycles. The highest BCUT2D eigenvalue weighted by molar-refractivity contribution is 4.79. The molecule has 2 fully saturated rings. The molecule has 0 aromatic rings. The Morgan fingerprint density at radius 2 is 1.85 bits per heavy atom. The van der Waals surface area contributed by atoms with Crippen molar-refractivity contribution in [2.24, 2.45) is 5.92 Å². The minimum atomic E-state index is -0.00428. The van der Waals surface area contributed by atoms with E-state index in [-0.39, 0.29) is 6.10 Å². The first kappa shape index (κ1) is 9.47. The maximum atomic E-state index is 9.36. The van der Waals surface area contributed by atoms with E-state index in [1.807, 2.05) is 0 Å². The maximum Gasteiger partial charge on any atom is 0.0543 e. The SMILES string of the molecule is OC1CCC(CNC2CCCC2)C1. The predicted octanol–water partition coefficient (Wildman–Crippen LogP) is 1.68. The zero-order valence-electron chi connectivity index (χ0n) is 8.34. The van der Waals surface area contributed by atoms with Gasteiger partial charge in [0.2, 0.25) is 0 Å². The van der Waals surface area contributed by atoms with Crippen molar-refractivity contribution in [3.05, 3.63) is 0 Å². The molecule has 13 heavy (non-hydrogen) atoms. The van der Waals surface area contributed by atoms with Gasteiger partial charge in [-0.05, 0) is 44.6 Å². The maximum absolute atomic E-state index is 9.36. The van der Waals surface area contributed by atoms with Crippen molar-refractivity contribution in [3.8, 4) is 0 Å². The van der Waals surface area contributed by atoms with Crippen molar-refractivity contribution in [1.29, 1.82) is 0 Å². The third-order valence-corrected chi connectivity index (χ3v) is 3.56. The van der Waals surface area contributed by atoms with Crippen LogP contribution in [0, 0.1) is 5.92 Å². The number of hydrogen-bond acceptors (Lipinski definition) is 2. The second kappa shape index (κ2) is 4.43. The van der Waals surface area contributed by atoms with E-state index in [9.17, 15) is 5.11 Å². The molecular weight excluding hydrogens is 162 g/mol. The van der Waals surface area contributed by atoms with Crippen LogP contribution >= 0.6 is 0 Å². The largest absolute Gasteiger partial charge is 0.393 e. The zero-order chi connectivity index (χ0) is 9.10. The van der Waals surface area contributed by atoms with Crippen molar-refractivity contribution >= 4 is 0 Å². The van der Waals surface area contributed by atoms with Crippen molar-refractivity contribution < 1.29 is 5.11 Å². The van der Waals surface area contributed by atoms with Gasteiger partial charge in [0.05, 0.1) is 6.10 Å². The first-order valence-corrected chi connectivity index (χ1v) is 5.76. The van der Waals surface area contributed by atoms with Crippen LogP contribution in [0.25, 0.3) is 0 Å². The van der Waals surface area contributed by atoms with E-state index >= 15 is 0 Å². The number of hydrogen-bond donors (Lipinski definition) is 2. The fourth-order valence-electron chi connectivity index (χ4n) is 2.70. The summed E-state index contributed by atoms with van der Waals surface area (Å²) in [5, 5.41) is 13.0. The summed E-state index contributed by atoms with van der Waals surface area (Å²) in [6.45, 7) is 1.14. The molecule has 2 saturated carbocycles. The summed E-state index contributed by atoms with van der Waals surface area (Å²) in [6, 6.07) is 0.790. The standard InChI is InChI=1S/C11H21NO/c13-11-6-5-9(7-11)8-12-10-3-1-2-4-10/h9-13H,1-8H2. The molecular formula is C11H21NO. The van der Waals surface area contributed by atoms with E-state index in [1.54, 1.807) is 0 Å². The highest BCUT2D eigenvalue weighted by Crippen LogP contribution is 2.25. The lowest BCUT2D eigenvalue weighted by Gasteiger charge is -2.15. The number of rotatable bonds is 3. The van der Waals surface area contributed by atoms with Crippen LogP contribution in [-0.2, 0) is 0 Å². The average molecular weight is 183 g/mol. The van der Waals surface area contributed by atoms with E-state index in [0.29, 0.717) is 0 Å². The summed E-state index contributed by atoms with van der Waals surface area (Å²) in [5.41, 5.74) is 0. The first-order chi connectivity index (χ1) is 6.34. The minimum Gasteiger partial charge on any atom is -0.393 e.